The summed E-state index contributed by atoms with van der Waals surface area (Å²) in [5.74, 6) is -1.83. The van der Waals surface area contributed by atoms with Crippen LogP contribution in [0, 0.1) is 17.8 Å². The molecular weight excluding hydrogens is 466 g/mol. The van der Waals surface area contributed by atoms with Gasteiger partial charge in [-0.3, -0.25) is 24.0 Å². The highest BCUT2D eigenvalue weighted by molar-refractivity contribution is 6.01. The third-order valence-electron chi connectivity index (χ3n) is 8.06. The van der Waals surface area contributed by atoms with Gasteiger partial charge in [-0.25, -0.2) is 0 Å². The highest BCUT2D eigenvalue weighted by Gasteiger charge is 2.50. The summed E-state index contributed by atoms with van der Waals surface area (Å²) in [4.78, 5) is 68.7. The molecule has 11 nitrogen and oxygen atoms in total. The van der Waals surface area contributed by atoms with Crippen LogP contribution in [-0.4, -0.2) is 74.8 Å². The Balaban J connectivity index is 1.40. The van der Waals surface area contributed by atoms with Crippen molar-refractivity contribution in [2.24, 2.45) is 24.8 Å². The number of H-pyrrole nitrogens is 1. The number of hydrogen-bond acceptors (Lipinski definition) is 6. The van der Waals surface area contributed by atoms with Gasteiger partial charge in [0.05, 0.1) is 16.9 Å². The second kappa shape index (κ2) is 9.53. The maximum absolute atomic E-state index is 13.6. The first-order chi connectivity index (χ1) is 17.3. The van der Waals surface area contributed by atoms with E-state index in [-0.39, 0.29) is 41.3 Å². The fourth-order valence-electron chi connectivity index (χ4n) is 6.14. The number of aryl methyl sites for hydroxylation is 1. The van der Waals surface area contributed by atoms with Gasteiger partial charge in [-0.2, -0.15) is 0 Å². The number of aliphatic hydroxyl groups excluding tert-OH is 1. The average Bonchev–Trinajstić information content (AvgIpc) is 3.64. The second-order valence-corrected chi connectivity index (χ2v) is 10.2. The van der Waals surface area contributed by atoms with E-state index in [0.717, 1.165) is 19.3 Å². The molecule has 0 radical (unpaired) electrons. The number of fused-ring (bicyclic) bond motifs is 2. The number of likely N-dealkylation sites (tertiary alicyclic amines) is 1. The molecule has 1 aliphatic carbocycles. The van der Waals surface area contributed by atoms with Crippen molar-refractivity contribution in [3.63, 3.8) is 0 Å². The molecule has 2 aromatic rings. The van der Waals surface area contributed by atoms with Gasteiger partial charge in [0.25, 0.3) is 11.5 Å². The lowest BCUT2D eigenvalue weighted by Gasteiger charge is -2.29. The molecule has 3 fully saturated rings. The second-order valence-electron chi connectivity index (χ2n) is 10.2. The molecular formula is C25H31N5O6. The van der Waals surface area contributed by atoms with E-state index in [1.165, 1.54) is 10.6 Å². The molecule has 0 aromatic carbocycles. The largest absolute Gasteiger partial charge is 0.389 e. The van der Waals surface area contributed by atoms with E-state index in [1.54, 1.807) is 24.2 Å². The van der Waals surface area contributed by atoms with Crippen molar-refractivity contribution in [2.45, 2.75) is 44.2 Å². The van der Waals surface area contributed by atoms with Crippen molar-refractivity contribution < 1.29 is 24.3 Å². The number of aromatic amines is 1. The number of hydrogen-bond donors (Lipinski definition) is 4. The number of nitrogens with one attached hydrogen (secondary N) is 3. The van der Waals surface area contributed by atoms with Crippen molar-refractivity contribution in [1.29, 1.82) is 0 Å². The van der Waals surface area contributed by atoms with E-state index in [2.05, 4.69) is 15.6 Å². The predicted octanol–water partition coefficient (Wildman–Crippen LogP) is -0.320. The molecule has 1 saturated carbocycles. The molecule has 3 aliphatic rings. The molecule has 4 heterocycles. The van der Waals surface area contributed by atoms with Crippen molar-refractivity contribution >= 4 is 34.4 Å². The number of Topliss-reactive ketones (excluding diaryl/α,β-unsaturated/α-hetero) is 1. The molecule has 0 spiro atoms. The summed E-state index contributed by atoms with van der Waals surface area (Å²) in [7, 11) is 1.64. The van der Waals surface area contributed by atoms with Crippen LogP contribution in [0.2, 0.25) is 0 Å². The Bertz CT molecular complexity index is 1280. The predicted molar refractivity (Wildman–Crippen MR) is 129 cm³/mol. The van der Waals surface area contributed by atoms with E-state index in [1.807, 2.05) is 0 Å². The van der Waals surface area contributed by atoms with Crippen molar-refractivity contribution in [3.05, 3.63) is 34.4 Å². The lowest BCUT2D eigenvalue weighted by Crippen LogP contribution is -2.53. The number of carbonyl (C=O) groups excluding carboxylic acids is 4. The van der Waals surface area contributed by atoms with Crippen LogP contribution in [0.1, 0.15) is 42.6 Å². The summed E-state index contributed by atoms with van der Waals surface area (Å²) in [5, 5.41) is 15.4. The monoisotopic (exact) mass is 497 g/mol. The Labute approximate surface area is 207 Å². The van der Waals surface area contributed by atoms with Crippen LogP contribution < -0.4 is 16.2 Å². The van der Waals surface area contributed by atoms with Gasteiger partial charge in [0, 0.05) is 32.3 Å². The summed E-state index contributed by atoms with van der Waals surface area (Å²) >= 11 is 0. The van der Waals surface area contributed by atoms with Gasteiger partial charge >= 0.3 is 0 Å². The third-order valence-corrected chi connectivity index (χ3v) is 8.06. The topological polar surface area (TPSA) is 154 Å². The van der Waals surface area contributed by atoms with Crippen LogP contribution in [0.5, 0.6) is 0 Å². The number of aliphatic hydroxyl groups is 1. The van der Waals surface area contributed by atoms with Crippen LogP contribution in [0.25, 0.3) is 10.9 Å². The van der Waals surface area contributed by atoms with Gasteiger partial charge in [-0.15, -0.1) is 0 Å². The maximum Gasteiger partial charge on any atom is 0.271 e. The number of amides is 3. The highest BCUT2D eigenvalue weighted by Crippen LogP contribution is 2.43. The molecule has 11 heteroatoms. The Kier molecular flexibility index (Phi) is 6.42. The van der Waals surface area contributed by atoms with Gasteiger partial charge in [-0.05, 0) is 49.7 Å². The SMILES string of the molecule is Cn1ccc2[nH]c(C(=O)N3C[C@@H]4CCC[C@@H]4[C@H]3C(=O)N[C@@H](C[C@@H]3CCNC3=O)C(=O)CO)cc2c1=O. The zero-order valence-electron chi connectivity index (χ0n) is 20.2. The first kappa shape index (κ1) is 24.2. The molecule has 3 amide bonds. The normalized spacial score (nSPS) is 26.2. The van der Waals surface area contributed by atoms with Crippen LogP contribution >= 0.6 is 0 Å². The number of carbonyl (C=O) groups is 4. The van der Waals surface area contributed by atoms with Gasteiger partial charge < -0.3 is 30.2 Å². The Morgan fingerprint density at radius 3 is 2.75 bits per heavy atom. The molecule has 2 aliphatic heterocycles. The highest BCUT2D eigenvalue weighted by atomic mass is 16.3. The van der Waals surface area contributed by atoms with E-state index < -0.39 is 36.3 Å². The molecule has 2 aromatic heterocycles. The number of aromatic nitrogens is 2. The summed E-state index contributed by atoms with van der Waals surface area (Å²) in [6.45, 7) is 0.182. The standard InChI is InChI=1S/C25H31N5O6/c1-29-8-6-17-16(24(29)35)10-19(27-17)25(36)30-11-14-3-2-4-15(14)21(30)23(34)28-18(20(32)12-31)9-13-5-7-26-22(13)33/h6,8,10,13-15,18,21,27,31H,2-5,7,9,11-12H2,1H3,(H,26,33)(H,28,34)/t13-,14-,15-,18-,21-/m0/s1. The maximum atomic E-state index is 13.6. The van der Waals surface area contributed by atoms with E-state index in [9.17, 15) is 29.1 Å². The molecule has 5 atom stereocenters. The quantitative estimate of drug-likeness (QED) is 0.411. The fraction of sp³-hybridized carbons (Fsp3) is 0.560. The smallest absolute Gasteiger partial charge is 0.271 e. The van der Waals surface area contributed by atoms with Crippen LogP contribution in [0.3, 0.4) is 0 Å². The summed E-state index contributed by atoms with van der Waals surface area (Å²) in [6, 6.07) is 1.47. The first-order valence-corrected chi connectivity index (χ1v) is 12.5. The van der Waals surface area contributed by atoms with Crippen molar-refractivity contribution in [3.8, 4) is 0 Å². The molecule has 5 rings (SSSR count). The number of rotatable bonds is 7. The van der Waals surface area contributed by atoms with Gasteiger partial charge in [0.15, 0.2) is 5.78 Å². The lowest BCUT2D eigenvalue weighted by atomic mass is 9.92. The van der Waals surface area contributed by atoms with Crippen molar-refractivity contribution in [2.75, 3.05) is 19.7 Å². The molecule has 0 bridgehead atoms. The Hall–Kier alpha value is -3.47. The van der Waals surface area contributed by atoms with E-state index in [4.69, 9.17) is 0 Å². The fourth-order valence-corrected chi connectivity index (χ4v) is 6.14. The molecule has 0 unspecified atom stereocenters. The van der Waals surface area contributed by atoms with Crippen molar-refractivity contribution in [1.82, 2.24) is 25.1 Å². The minimum atomic E-state index is -1.01. The summed E-state index contributed by atoms with van der Waals surface area (Å²) in [5.41, 5.74) is 0.554. The summed E-state index contributed by atoms with van der Waals surface area (Å²) < 4.78 is 1.43. The molecule has 192 valence electrons. The number of ketones is 1. The Morgan fingerprint density at radius 2 is 2.03 bits per heavy atom. The third kappa shape index (κ3) is 4.21. The van der Waals surface area contributed by atoms with Gasteiger partial charge in [-0.1, -0.05) is 6.42 Å². The van der Waals surface area contributed by atoms with Gasteiger partial charge in [0.1, 0.15) is 18.3 Å². The minimum absolute atomic E-state index is 0.0362. The van der Waals surface area contributed by atoms with E-state index in [0.29, 0.717) is 30.4 Å². The minimum Gasteiger partial charge on any atom is -0.389 e. The first-order valence-electron chi connectivity index (χ1n) is 12.5. The zero-order valence-corrected chi connectivity index (χ0v) is 20.2. The van der Waals surface area contributed by atoms with Gasteiger partial charge in [0.2, 0.25) is 11.8 Å². The molecule has 36 heavy (non-hydrogen) atoms. The van der Waals surface area contributed by atoms with Crippen LogP contribution in [0.4, 0.5) is 0 Å². The number of nitrogens with zero attached hydrogens (tertiary/aromatic N) is 2. The molecule has 2 saturated heterocycles. The van der Waals surface area contributed by atoms with E-state index >= 15 is 0 Å². The zero-order chi connectivity index (χ0) is 25.6. The van der Waals surface area contributed by atoms with Crippen LogP contribution in [-0.2, 0) is 21.4 Å². The average molecular weight is 498 g/mol. The Morgan fingerprint density at radius 1 is 1.22 bits per heavy atom. The number of pyridine rings is 1. The van der Waals surface area contributed by atoms with Crippen LogP contribution in [0.15, 0.2) is 23.1 Å². The molecule has 4 N–H and O–H groups in total. The lowest BCUT2D eigenvalue weighted by molar-refractivity contribution is -0.133. The summed E-state index contributed by atoms with van der Waals surface area (Å²) in [6.07, 6.45) is 4.95.